The Bertz CT molecular complexity index is 397. The van der Waals surface area contributed by atoms with Crippen LogP contribution < -0.4 is 10.1 Å². The number of aliphatic hydroxyl groups excluding tert-OH is 1. The van der Waals surface area contributed by atoms with Gasteiger partial charge in [-0.15, -0.1) is 0 Å². The third kappa shape index (κ3) is 5.57. The maximum absolute atomic E-state index is 13.1. The Morgan fingerprint density at radius 2 is 2.05 bits per heavy atom. The molecule has 4 heteroatoms. The molecule has 2 N–H and O–H groups in total. The molecule has 0 fully saturated rings. The van der Waals surface area contributed by atoms with Crippen LogP contribution in [-0.2, 0) is 0 Å². The molecule has 0 radical (unpaired) electrons. The Kier molecular flexibility index (Phi) is 5.76. The summed E-state index contributed by atoms with van der Waals surface area (Å²) in [6, 6.07) is 6.37. The molecule has 0 bridgehead atoms. The summed E-state index contributed by atoms with van der Waals surface area (Å²) in [6.45, 7) is 7.97. The molecule has 0 saturated carbocycles. The molecule has 3 nitrogen and oxygen atoms in total. The van der Waals surface area contributed by atoms with Crippen LogP contribution in [0.2, 0.25) is 0 Å². The average Bonchev–Trinajstić information content (AvgIpc) is 2.27. The third-order valence-electron chi connectivity index (χ3n) is 2.86. The molecule has 1 aromatic carbocycles. The van der Waals surface area contributed by atoms with Gasteiger partial charge < -0.3 is 15.2 Å². The van der Waals surface area contributed by atoms with Gasteiger partial charge in [-0.25, -0.2) is 4.39 Å². The van der Waals surface area contributed by atoms with Crippen molar-refractivity contribution in [2.45, 2.75) is 51.8 Å². The molecule has 0 aliphatic rings. The van der Waals surface area contributed by atoms with Gasteiger partial charge in [0, 0.05) is 24.1 Å². The van der Waals surface area contributed by atoms with Gasteiger partial charge in [-0.3, -0.25) is 0 Å². The first-order chi connectivity index (χ1) is 8.84. The smallest absolute Gasteiger partial charge is 0.126 e. The highest BCUT2D eigenvalue weighted by atomic mass is 19.1. The Balaban J connectivity index is 2.60. The number of rotatable bonds is 7. The summed E-state index contributed by atoms with van der Waals surface area (Å²) >= 11 is 0. The van der Waals surface area contributed by atoms with Crippen LogP contribution in [0.1, 0.15) is 34.1 Å². The summed E-state index contributed by atoms with van der Waals surface area (Å²) in [7, 11) is 0. The van der Waals surface area contributed by atoms with Gasteiger partial charge in [0.1, 0.15) is 11.6 Å². The molecule has 0 spiro atoms. The molecule has 0 amide bonds. The summed E-state index contributed by atoms with van der Waals surface area (Å²) in [5, 5.41) is 12.8. The van der Waals surface area contributed by atoms with Crippen molar-refractivity contribution in [2.24, 2.45) is 0 Å². The van der Waals surface area contributed by atoms with Crippen LogP contribution in [0.15, 0.2) is 24.3 Å². The topological polar surface area (TPSA) is 41.5 Å². The number of aliphatic hydroxyl groups is 1. The van der Waals surface area contributed by atoms with Gasteiger partial charge in [-0.05, 0) is 26.0 Å². The number of ether oxygens (including phenoxy) is 1. The van der Waals surface area contributed by atoms with Gasteiger partial charge in [0.05, 0.1) is 12.7 Å². The Hall–Kier alpha value is -1.13. The van der Waals surface area contributed by atoms with E-state index in [4.69, 9.17) is 4.74 Å². The molecule has 0 heterocycles. The number of benzene rings is 1. The normalized spacial score (nSPS) is 16.2. The maximum Gasteiger partial charge on any atom is 0.126 e. The first-order valence-electron chi connectivity index (χ1n) is 6.65. The van der Waals surface area contributed by atoms with Crippen molar-refractivity contribution in [3.05, 3.63) is 30.1 Å². The Labute approximate surface area is 114 Å². The second-order valence-corrected chi connectivity index (χ2v) is 5.61. The zero-order valence-corrected chi connectivity index (χ0v) is 12.1. The van der Waals surface area contributed by atoms with Crippen molar-refractivity contribution < 1.29 is 14.2 Å². The zero-order chi connectivity index (χ0) is 14.5. The maximum atomic E-state index is 13.1. The van der Waals surface area contributed by atoms with E-state index in [2.05, 4.69) is 5.32 Å². The number of hydrogen-bond acceptors (Lipinski definition) is 3. The first kappa shape index (κ1) is 15.9. The molecule has 19 heavy (non-hydrogen) atoms. The van der Waals surface area contributed by atoms with E-state index in [1.807, 2.05) is 27.7 Å². The summed E-state index contributed by atoms with van der Waals surface area (Å²) in [4.78, 5) is 0. The van der Waals surface area contributed by atoms with Crippen LogP contribution in [-0.4, -0.2) is 29.4 Å². The van der Waals surface area contributed by atoms with Gasteiger partial charge in [0.2, 0.25) is 0 Å². The van der Waals surface area contributed by atoms with Crippen molar-refractivity contribution in [1.82, 2.24) is 5.32 Å². The van der Waals surface area contributed by atoms with E-state index in [-0.39, 0.29) is 24.6 Å². The Morgan fingerprint density at radius 1 is 1.37 bits per heavy atom. The van der Waals surface area contributed by atoms with Crippen LogP contribution in [0.3, 0.4) is 0 Å². The van der Waals surface area contributed by atoms with Gasteiger partial charge in [0.15, 0.2) is 0 Å². The zero-order valence-electron chi connectivity index (χ0n) is 12.1. The highest BCUT2D eigenvalue weighted by Crippen LogP contribution is 2.19. The van der Waals surface area contributed by atoms with Crippen LogP contribution in [0.25, 0.3) is 0 Å². The molecule has 1 rings (SSSR count). The fraction of sp³-hybridized carbons (Fsp3) is 0.600. The molecule has 2 unspecified atom stereocenters. The molecule has 1 aromatic rings. The van der Waals surface area contributed by atoms with Gasteiger partial charge in [-0.2, -0.15) is 0 Å². The fourth-order valence-corrected chi connectivity index (χ4v) is 2.31. The van der Waals surface area contributed by atoms with E-state index in [1.165, 1.54) is 12.1 Å². The second-order valence-electron chi connectivity index (χ2n) is 5.61. The minimum atomic E-state index is -0.402. The molecular formula is C15H24FNO2. The monoisotopic (exact) mass is 269 g/mol. The minimum Gasteiger partial charge on any atom is -0.491 e. The lowest BCUT2D eigenvalue weighted by molar-refractivity contribution is 0.104. The highest BCUT2D eigenvalue weighted by Gasteiger charge is 2.27. The first-order valence-corrected chi connectivity index (χ1v) is 6.65. The number of halogens is 1. The lowest BCUT2D eigenvalue weighted by Crippen LogP contribution is -2.51. The van der Waals surface area contributed by atoms with Crippen molar-refractivity contribution >= 4 is 0 Å². The van der Waals surface area contributed by atoms with E-state index in [9.17, 15) is 9.50 Å². The highest BCUT2D eigenvalue weighted by molar-refractivity contribution is 5.22. The summed E-state index contributed by atoms with van der Waals surface area (Å²) < 4.78 is 18.7. The average molecular weight is 269 g/mol. The van der Waals surface area contributed by atoms with E-state index in [0.717, 1.165) is 0 Å². The van der Waals surface area contributed by atoms with Crippen molar-refractivity contribution in [2.75, 3.05) is 6.61 Å². The summed E-state index contributed by atoms with van der Waals surface area (Å²) in [6.07, 6.45) is 0.517. The van der Waals surface area contributed by atoms with Crippen LogP contribution in [0.5, 0.6) is 5.75 Å². The van der Waals surface area contributed by atoms with Gasteiger partial charge >= 0.3 is 0 Å². The quantitative estimate of drug-likeness (QED) is 0.799. The summed E-state index contributed by atoms with van der Waals surface area (Å²) in [5.41, 5.74) is -0.402. The second kappa shape index (κ2) is 6.87. The lowest BCUT2D eigenvalue weighted by atomic mass is 9.94. The van der Waals surface area contributed by atoms with Gasteiger partial charge in [-0.1, -0.05) is 19.9 Å². The van der Waals surface area contributed by atoms with Crippen molar-refractivity contribution in [3.8, 4) is 5.75 Å². The standard InChI is InChI=1S/C15H24FNO2/c1-11(2)17-15(4,10-18)9-12(3)19-14-7-5-6-13(16)8-14/h5-8,11-12,17-18H,9-10H2,1-4H3. The predicted octanol–water partition coefficient (Wildman–Crippen LogP) is 2.73. The fourth-order valence-electron chi connectivity index (χ4n) is 2.31. The van der Waals surface area contributed by atoms with Crippen LogP contribution in [0, 0.1) is 5.82 Å². The molecule has 0 saturated heterocycles. The molecule has 0 aliphatic carbocycles. The minimum absolute atomic E-state index is 0.0298. The van der Waals surface area contributed by atoms with E-state index in [1.54, 1.807) is 12.1 Å². The SMILES string of the molecule is CC(C)NC(C)(CO)CC(C)Oc1cccc(F)c1. The van der Waals surface area contributed by atoms with Crippen molar-refractivity contribution in [1.29, 1.82) is 0 Å². The van der Waals surface area contributed by atoms with E-state index < -0.39 is 5.54 Å². The Morgan fingerprint density at radius 3 is 2.58 bits per heavy atom. The largest absolute Gasteiger partial charge is 0.491 e. The molecular weight excluding hydrogens is 245 g/mol. The van der Waals surface area contributed by atoms with Gasteiger partial charge in [0.25, 0.3) is 0 Å². The molecule has 2 atom stereocenters. The molecule has 108 valence electrons. The molecule has 0 aliphatic heterocycles. The predicted molar refractivity (Wildman–Crippen MR) is 74.9 cm³/mol. The van der Waals surface area contributed by atoms with E-state index >= 15 is 0 Å². The third-order valence-corrected chi connectivity index (χ3v) is 2.86. The van der Waals surface area contributed by atoms with Crippen molar-refractivity contribution in [3.63, 3.8) is 0 Å². The lowest BCUT2D eigenvalue weighted by Gasteiger charge is -2.33. The van der Waals surface area contributed by atoms with E-state index in [0.29, 0.717) is 12.2 Å². The summed E-state index contributed by atoms with van der Waals surface area (Å²) in [5.74, 6) is 0.201. The number of nitrogens with one attached hydrogen (secondary N) is 1. The number of hydrogen-bond donors (Lipinski definition) is 2. The molecule has 0 aromatic heterocycles. The van der Waals surface area contributed by atoms with Crippen LogP contribution >= 0.6 is 0 Å². The van der Waals surface area contributed by atoms with Crippen LogP contribution in [0.4, 0.5) is 4.39 Å².